The molecule has 0 spiro atoms. The van der Waals surface area contributed by atoms with Crippen molar-refractivity contribution in [2.24, 2.45) is 0 Å². The highest BCUT2D eigenvalue weighted by Crippen LogP contribution is 2.20. The van der Waals surface area contributed by atoms with E-state index in [-0.39, 0.29) is 0 Å². The number of aromatic nitrogens is 2. The van der Waals surface area contributed by atoms with E-state index in [1.54, 1.807) is 24.4 Å². The Hall–Kier alpha value is -3.15. The predicted octanol–water partition coefficient (Wildman–Crippen LogP) is 3.52. The van der Waals surface area contributed by atoms with Crippen molar-refractivity contribution < 1.29 is 14.3 Å². The molecule has 2 aromatic carbocycles. The summed E-state index contributed by atoms with van der Waals surface area (Å²) in [6.45, 7) is 3.86. The normalized spacial score (nSPS) is 10.6. The van der Waals surface area contributed by atoms with Gasteiger partial charge in [-0.3, -0.25) is 0 Å². The van der Waals surface area contributed by atoms with Crippen molar-refractivity contribution in [1.82, 2.24) is 9.78 Å². The van der Waals surface area contributed by atoms with Gasteiger partial charge in [0.15, 0.2) is 0 Å². The Bertz CT molecular complexity index is 944. The average molecular weight is 323 g/mol. The van der Waals surface area contributed by atoms with Crippen LogP contribution in [0.4, 0.5) is 10.5 Å². The monoisotopic (exact) mass is 323 g/mol. The van der Waals surface area contributed by atoms with Crippen LogP contribution in [0.25, 0.3) is 10.9 Å². The van der Waals surface area contributed by atoms with Crippen LogP contribution in [0.2, 0.25) is 0 Å². The fourth-order valence-corrected chi connectivity index (χ4v) is 2.53. The number of aryl methyl sites for hydroxylation is 2. The fourth-order valence-electron chi connectivity index (χ4n) is 2.53. The van der Waals surface area contributed by atoms with E-state index in [4.69, 9.17) is 4.74 Å². The number of esters is 1. The Morgan fingerprint density at radius 2 is 1.79 bits per heavy atom. The average Bonchev–Trinajstić information content (AvgIpc) is 2.97. The Kier molecular flexibility index (Phi) is 4.04. The summed E-state index contributed by atoms with van der Waals surface area (Å²) in [6, 6.07) is 10.4. The largest absolute Gasteiger partial charge is 0.465 e. The first-order valence-corrected chi connectivity index (χ1v) is 7.44. The van der Waals surface area contributed by atoms with Crippen LogP contribution in [0.1, 0.15) is 21.5 Å². The van der Waals surface area contributed by atoms with Crippen molar-refractivity contribution in [3.63, 3.8) is 0 Å². The molecular formula is C18H17N3O3. The Morgan fingerprint density at radius 3 is 2.54 bits per heavy atom. The van der Waals surface area contributed by atoms with E-state index < -0.39 is 12.0 Å². The molecule has 0 saturated carbocycles. The molecule has 0 unspecified atom stereocenters. The molecule has 3 rings (SSSR count). The number of rotatable bonds is 2. The molecule has 0 fully saturated rings. The van der Waals surface area contributed by atoms with Crippen molar-refractivity contribution in [1.29, 1.82) is 0 Å². The number of benzene rings is 2. The predicted molar refractivity (Wildman–Crippen MR) is 91.4 cm³/mol. The van der Waals surface area contributed by atoms with E-state index in [0.29, 0.717) is 16.8 Å². The van der Waals surface area contributed by atoms with Crippen molar-refractivity contribution in [3.8, 4) is 0 Å². The van der Waals surface area contributed by atoms with Crippen LogP contribution in [0.5, 0.6) is 0 Å². The van der Waals surface area contributed by atoms with Gasteiger partial charge in [0.05, 0.1) is 30.1 Å². The highest BCUT2D eigenvalue weighted by molar-refractivity contribution is 6.03. The SMILES string of the molecule is COC(=O)c1ccc(C)cc1NC(=O)n1ncc2cc(C)ccc21. The number of hydrogen-bond acceptors (Lipinski definition) is 4. The molecule has 1 aromatic heterocycles. The number of methoxy groups -OCH3 is 1. The van der Waals surface area contributed by atoms with Gasteiger partial charge in [-0.15, -0.1) is 0 Å². The third-order valence-corrected chi connectivity index (χ3v) is 3.74. The van der Waals surface area contributed by atoms with Crippen LogP contribution in [-0.2, 0) is 4.74 Å². The molecule has 0 aliphatic carbocycles. The van der Waals surface area contributed by atoms with Crippen molar-refractivity contribution in [2.45, 2.75) is 13.8 Å². The van der Waals surface area contributed by atoms with Gasteiger partial charge in [-0.25, -0.2) is 9.59 Å². The molecule has 6 nitrogen and oxygen atoms in total. The van der Waals surface area contributed by atoms with Crippen LogP contribution in [0.15, 0.2) is 42.6 Å². The summed E-state index contributed by atoms with van der Waals surface area (Å²) in [5.41, 5.74) is 3.39. The lowest BCUT2D eigenvalue weighted by molar-refractivity contribution is 0.0602. The van der Waals surface area contributed by atoms with Gasteiger partial charge in [0.1, 0.15) is 0 Å². The Morgan fingerprint density at radius 1 is 1.08 bits per heavy atom. The summed E-state index contributed by atoms with van der Waals surface area (Å²) in [5.74, 6) is -0.508. The number of anilines is 1. The topological polar surface area (TPSA) is 73.2 Å². The molecule has 0 aliphatic rings. The second-order valence-corrected chi connectivity index (χ2v) is 5.59. The molecule has 0 bridgehead atoms. The highest BCUT2D eigenvalue weighted by Gasteiger charge is 2.16. The standard InChI is InChI=1S/C18H17N3O3/c1-11-5-7-16-13(8-11)10-19-21(16)18(23)20-15-9-12(2)4-6-14(15)17(22)24-3/h4-10H,1-3H3,(H,20,23). The summed E-state index contributed by atoms with van der Waals surface area (Å²) in [5, 5.41) is 7.75. The van der Waals surface area contributed by atoms with Crippen molar-refractivity contribution in [3.05, 3.63) is 59.3 Å². The minimum absolute atomic E-state index is 0.295. The van der Waals surface area contributed by atoms with E-state index in [0.717, 1.165) is 16.5 Å². The second-order valence-electron chi connectivity index (χ2n) is 5.59. The molecule has 0 aliphatic heterocycles. The van der Waals surface area contributed by atoms with Crippen molar-refractivity contribution >= 4 is 28.6 Å². The maximum Gasteiger partial charge on any atom is 0.347 e. The Balaban J connectivity index is 1.97. The summed E-state index contributed by atoms with van der Waals surface area (Å²) in [7, 11) is 1.30. The Labute approximate surface area is 139 Å². The van der Waals surface area contributed by atoms with Crippen LogP contribution in [0, 0.1) is 13.8 Å². The first-order valence-electron chi connectivity index (χ1n) is 7.44. The molecule has 0 saturated heterocycles. The third-order valence-electron chi connectivity index (χ3n) is 3.74. The molecule has 1 amide bonds. The number of nitrogens with zero attached hydrogens (tertiary/aromatic N) is 2. The number of carbonyl (C=O) groups is 2. The van der Waals surface area contributed by atoms with Gasteiger partial charge in [-0.05, 0) is 43.7 Å². The van der Waals surface area contributed by atoms with Crippen LogP contribution >= 0.6 is 0 Å². The van der Waals surface area contributed by atoms with E-state index in [2.05, 4.69) is 10.4 Å². The maximum atomic E-state index is 12.6. The molecule has 0 atom stereocenters. The van der Waals surface area contributed by atoms with Gasteiger partial charge in [0.2, 0.25) is 0 Å². The molecular weight excluding hydrogens is 306 g/mol. The summed E-state index contributed by atoms with van der Waals surface area (Å²) in [6.07, 6.45) is 1.64. The number of hydrogen-bond donors (Lipinski definition) is 1. The molecule has 24 heavy (non-hydrogen) atoms. The van der Waals surface area contributed by atoms with E-state index in [1.807, 2.05) is 32.0 Å². The van der Waals surface area contributed by atoms with Crippen molar-refractivity contribution in [2.75, 3.05) is 12.4 Å². The first-order chi connectivity index (χ1) is 11.5. The van der Waals surface area contributed by atoms with Gasteiger partial charge in [-0.1, -0.05) is 17.7 Å². The second kappa shape index (κ2) is 6.16. The fraction of sp³-hybridized carbons (Fsp3) is 0.167. The zero-order chi connectivity index (χ0) is 17.3. The van der Waals surface area contributed by atoms with Crippen LogP contribution in [-0.4, -0.2) is 28.9 Å². The van der Waals surface area contributed by atoms with Gasteiger partial charge in [0, 0.05) is 5.39 Å². The minimum Gasteiger partial charge on any atom is -0.465 e. The smallest absolute Gasteiger partial charge is 0.347 e. The lowest BCUT2D eigenvalue weighted by Gasteiger charge is -2.11. The number of carbonyl (C=O) groups excluding carboxylic acids is 2. The number of nitrogens with one attached hydrogen (secondary N) is 1. The molecule has 1 heterocycles. The summed E-state index contributed by atoms with van der Waals surface area (Å²) >= 11 is 0. The maximum absolute atomic E-state index is 12.6. The number of amides is 1. The molecule has 6 heteroatoms. The zero-order valence-electron chi connectivity index (χ0n) is 13.7. The van der Waals surface area contributed by atoms with E-state index >= 15 is 0 Å². The number of fused-ring (bicyclic) bond motifs is 1. The molecule has 122 valence electrons. The minimum atomic E-state index is -0.508. The molecule has 0 radical (unpaired) electrons. The van der Waals surface area contributed by atoms with E-state index in [9.17, 15) is 9.59 Å². The number of ether oxygens (including phenoxy) is 1. The van der Waals surface area contributed by atoms with Gasteiger partial charge < -0.3 is 10.1 Å². The lowest BCUT2D eigenvalue weighted by atomic mass is 10.1. The quantitative estimate of drug-likeness (QED) is 0.732. The molecule has 1 N–H and O–H groups in total. The highest BCUT2D eigenvalue weighted by atomic mass is 16.5. The van der Waals surface area contributed by atoms with Gasteiger partial charge in [-0.2, -0.15) is 9.78 Å². The first kappa shape index (κ1) is 15.7. The third kappa shape index (κ3) is 2.86. The van der Waals surface area contributed by atoms with Gasteiger partial charge >= 0.3 is 12.0 Å². The van der Waals surface area contributed by atoms with Crippen LogP contribution in [0.3, 0.4) is 0 Å². The summed E-state index contributed by atoms with van der Waals surface area (Å²) in [4.78, 5) is 24.5. The van der Waals surface area contributed by atoms with Gasteiger partial charge in [0.25, 0.3) is 0 Å². The van der Waals surface area contributed by atoms with Crippen LogP contribution < -0.4 is 5.32 Å². The zero-order valence-corrected chi connectivity index (χ0v) is 13.7. The van der Waals surface area contributed by atoms with E-state index in [1.165, 1.54) is 11.8 Å². The summed E-state index contributed by atoms with van der Waals surface area (Å²) < 4.78 is 6.04. The molecule has 3 aromatic rings. The lowest BCUT2D eigenvalue weighted by Crippen LogP contribution is -2.22.